The average Bonchev–Trinajstić information content (AvgIpc) is 2.17. The maximum absolute atomic E-state index is 3.57. The summed E-state index contributed by atoms with van der Waals surface area (Å²) in [5.41, 5.74) is 4.60. The molecule has 0 fully saturated rings. The molecule has 1 nitrogen and oxygen atoms in total. The summed E-state index contributed by atoms with van der Waals surface area (Å²) in [6.07, 6.45) is 2.30. The van der Waals surface area contributed by atoms with Crippen LogP contribution >= 0.6 is 0 Å². The van der Waals surface area contributed by atoms with Crippen LogP contribution in [0.25, 0.3) is 0 Å². The Morgan fingerprint density at radius 2 is 2.14 bits per heavy atom. The van der Waals surface area contributed by atoms with Crippen LogP contribution in [0.2, 0.25) is 0 Å². The van der Waals surface area contributed by atoms with Gasteiger partial charge in [0, 0.05) is 5.54 Å². The maximum Gasteiger partial charge on any atom is 0.0380 e. The third kappa shape index (κ3) is 1.57. The van der Waals surface area contributed by atoms with Gasteiger partial charge in [-0.3, -0.25) is 0 Å². The molecule has 1 aromatic carbocycles. The lowest BCUT2D eigenvalue weighted by Gasteiger charge is -2.34. The van der Waals surface area contributed by atoms with Crippen molar-refractivity contribution in [2.45, 2.75) is 39.2 Å². The van der Waals surface area contributed by atoms with Crippen molar-refractivity contribution in [3.63, 3.8) is 0 Å². The first-order valence-corrected chi connectivity index (χ1v) is 5.51. The van der Waals surface area contributed by atoms with Crippen LogP contribution in [-0.4, -0.2) is 6.54 Å². The molecule has 1 aliphatic heterocycles. The normalized spacial score (nSPS) is 19.1. The molecule has 0 atom stereocenters. The molecule has 1 N–H and O–H groups in total. The molecule has 0 radical (unpaired) electrons. The highest BCUT2D eigenvalue weighted by atomic mass is 15.0. The van der Waals surface area contributed by atoms with Crippen LogP contribution in [0.1, 0.15) is 37.5 Å². The lowest BCUT2D eigenvalue weighted by Crippen LogP contribution is -2.42. The molecule has 0 spiro atoms. The first-order chi connectivity index (χ1) is 6.63. The Morgan fingerprint density at radius 1 is 1.36 bits per heavy atom. The Labute approximate surface area is 86.5 Å². The van der Waals surface area contributed by atoms with Gasteiger partial charge in [-0.05, 0) is 49.9 Å². The van der Waals surface area contributed by atoms with Gasteiger partial charge in [-0.1, -0.05) is 25.1 Å². The van der Waals surface area contributed by atoms with Crippen molar-refractivity contribution in [1.82, 2.24) is 5.32 Å². The Morgan fingerprint density at radius 3 is 2.86 bits per heavy atom. The first kappa shape index (κ1) is 9.72. The topological polar surface area (TPSA) is 12.0 Å². The number of fused-ring (bicyclic) bond motifs is 1. The minimum atomic E-state index is 0.152. The third-order valence-electron chi connectivity index (χ3n) is 3.22. The highest BCUT2D eigenvalue weighted by Crippen LogP contribution is 2.28. The molecular weight excluding hydrogens is 170 g/mol. The predicted molar refractivity (Wildman–Crippen MR) is 60.6 cm³/mol. The number of benzene rings is 1. The number of aryl methyl sites for hydroxylation is 1. The molecule has 0 bridgehead atoms. The lowest BCUT2D eigenvalue weighted by molar-refractivity contribution is 0.382. The van der Waals surface area contributed by atoms with E-state index in [1.165, 1.54) is 23.1 Å². The number of hydrogen-bond acceptors (Lipinski definition) is 1. The molecule has 2 rings (SSSR count). The molecule has 0 unspecified atom stereocenters. The van der Waals surface area contributed by atoms with Gasteiger partial charge < -0.3 is 5.32 Å². The summed E-state index contributed by atoms with van der Waals surface area (Å²) in [7, 11) is 0. The molecule has 0 aromatic heterocycles. The van der Waals surface area contributed by atoms with Crippen LogP contribution in [0, 0.1) is 0 Å². The molecule has 14 heavy (non-hydrogen) atoms. The van der Waals surface area contributed by atoms with Crippen LogP contribution in [0.4, 0.5) is 0 Å². The molecule has 1 aromatic rings. The van der Waals surface area contributed by atoms with E-state index in [2.05, 4.69) is 44.3 Å². The van der Waals surface area contributed by atoms with Crippen molar-refractivity contribution in [1.29, 1.82) is 0 Å². The fourth-order valence-corrected chi connectivity index (χ4v) is 2.25. The molecule has 0 saturated carbocycles. The van der Waals surface area contributed by atoms with E-state index in [1.807, 2.05) is 0 Å². The van der Waals surface area contributed by atoms with E-state index in [-0.39, 0.29) is 5.54 Å². The van der Waals surface area contributed by atoms with Gasteiger partial charge in [-0.25, -0.2) is 0 Å². The van der Waals surface area contributed by atoms with E-state index in [9.17, 15) is 0 Å². The van der Waals surface area contributed by atoms with Gasteiger partial charge >= 0.3 is 0 Å². The highest BCUT2D eigenvalue weighted by Gasteiger charge is 2.26. The van der Waals surface area contributed by atoms with Crippen molar-refractivity contribution in [3.8, 4) is 0 Å². The second kappa shape index (κ2) is 3.39. The average molecular weight is 189 g/mol. The third-order valence-corrected chi connectivity index (χ3v) is 3.22. The standard InChI is InChI=1S/C13H19N/c1-4-10-5-6-11-7-8-14-13(2,3)12(11)9-10/h5-6,9,14H,4,7-8H2,1-3H3. The minimum Gasteiger partial charge on any atom is -0.307 e. The van der Waals surface area contributed by atoms with Gasteiger partial charge in [0.25, 0.3) is 0 Å². The van der Waals surface area contributed by atoms with Gasteiger partial charge in [0.15, 0.2) is 0 Å². The van der Waals surface area contributed by atoms with Gasteiger partial charge in [0.1, 0.15) is 0 Å². The summed E-state index contributed by atoms with van der Waals surface area (Å²) in [5.74, 6) is 0. The molecule has 1 heterocycles. The SMILES string of the molecule is CCc1ccc2c(c1)C(C)(C)NCC2. The fourth-order valence-electron chi connectivity index (χ4n) is 2.25. The van der Waals surface area contributed by atoms with Crippen LogP contribution in [0.5, 0.6) is 0 Å². The van der Waals surface area contributed by atoms with E-state index in [0.717, 1.165) is 13.0 Å². The predicted octanol–water partition coefficient (Wildman–Crippen LogP) is 2.63. The zero-order chi connectivity index (χ0) is 10.2. The summed E-state index contributed by atoms with van der Waals surface area (Å²) in [4.78, 5) is 0. The summed E-state index contributed by atoms with van der Waals surface area (Å²) >= 11 is 0. The Hall–Kier alpha value is -0.820. The zero-order valence-corrected chi connectivity index (χ0v) is 9.35. The smallest absolute Gasteiger partial charge is 0.0380 e. The van der Waals surface area contributed by atoms with Crippen LogP contribution in [-0.2, 0) is 18.4 Å². The number of hydrogen-bond donors (Lipinski definition) is 1. The quantitative estimate of drug-likeness (QED) is 0.716. The molecule has 0 aliphatic carbocycles. The van der Waals surface area contributed by atoms with E-state index >= 15 is 0 Å². The number of rotatable bonds is 1. The highest BCUT2D eigenvalue weighted by molar-refractivity contribution is 5.38. The molecule has 0 amide bonds. The van der Waals surface area contributed by atoms with E-state index in [0.29, 0.717) is 0 Å². The lowest BCUT2D eigenvalue weighted by atomic mass is 9.84. The molecule has 1 heteroatoms. The maximum atomic E-state index is 3.57. The van der Waals surface area contributed by atoms with Crippen LogP contribution in [0.3, 0.4) is 0 Å². The largest absolute Gasteiger partial charge is 0.307 e. The molecule has 76 valence electrons. The zero-order valence-electron chi connectivity index (χ0n) is 9.35. The summed E-state index contributed by atoms with van der Waals surface area (Å²) < 4.78 is 0. The monoisotopic (exact) mass is 189 g/mol. The van der Waals surface area contributed by atoms with Crippen molar-refractivity contribution in [2.24, 2.45) is 0 Å². The second-order valence-electron chi connectivity index (χ2n) is 4.65. The molecule has 1 aliphatic rings. The Kier molecular flexibility index (Phi) is 2.36. The summed E-state index contributed by atoms with van der Waals surface area (Å²) in [6, 6.07) is 6.93. The van der Waals surface area contributed by atoms with Gasteiger partial charge in [0.05, 0.1) is 0 Å². The van der Waals surface area contributed by atoms with Gasteiger partial charge in [0.2, 0.25) is 0 Å². The van der Waals surface area contributed by atoms with E-state index in [1.54, 1.807) is 0 Å². The van der Waals surface area contributed by atoms with Crippen LogP contribution < -0.4 is 5.32 Å². The molecule has 0 saturated heterocycles. The van der Waals surface area contributed by atoms with Gasteiger partial charge in [-0.2, -0.15) is 0 Å². The van der Waals surface area contributed by atoms with Crippen molar-refractivity contribution < 1.29 is 0 Å². The van der Waals surface area contributed by atoms with E-state index in [4.69, 9.17) is 0 Å². The first-order valence-electron chi connectivity index (χ1n) is 5.51. The fraction of sp³-hybridized carbons (Fsp3) is 0.538. The molecular formula is C13H19N. The van der Waals surface area contributed by atoms with Gasteiger partial charge in [-0.15, -0.1) is 0 Å². The van der Waals surface area contributed by atoms with Crippen molar-refractivity contribution >= 4 is 0 Å². The summed E-state index contributed by atoms with van der Waals surface area (Å²) in [6.45, 7) is 7.85. The second-order valence-corrected chi connectivity index (χ2v) is 4.65. The number of nitrogens with one attached hydrogen (secondary N) is 1. The summed E-state index contributed by atoms with van der Waals surface area (Å²) in [5, 5.41) is 3.57. The van der Waals surface area contributed by atoms with E-state index < -0.39 is 0 Å². The minimum absolute atomic E-state index is 0.152. The Balaban J connectivity index is 2.49. The van der Waals surface area contributed by atoms with Crippen molar-refractivity contribution in [3.05, 3.63) is 34.9 Å². The van der Waals surface area contributed by atoms with Crippen LogP contribution in [0.15, 0.2) is 18.2 Å². The Bertz CT molecular complexity index is 339. The van der Waals surface area contributed by atoms with Crippen molar-refractivity contribution in [2.75, 3.05) is 6.54 Å².